The molecule has 0 radical (unpaired) electrons. The van der Waals surface area contributed by atoms with Gasteiger partial charge >= 0.3 is 0 Å². The van der Waals surface area contributed by atoms with Crippen LogP contribution in [0.5, 0.6) is 0 Å². The molecule has 0 unspecified atom stereocenters. The van der Waals surface area contributed by atoms with Crippen molar-refractivity contribution in [3.8, 4) is 11.1 Å². The summed E-state index contributed by atoms with van der Waals surface area (Å²) in [6, 6.07) is 7.12. The van der Waals surface area contributed by atoms with Crippen LogP contribution in [-0.2, 0) is 18.1 Å². The van der Waals surface area contributed by atoms with Crippen LogP contribution in [0.25, 0.3) is 11.1 Å². The summed E-state index contributed by atoms with van der Waals surface area (Å²) in [5.41, 5.74) is 3.26. The van der Waals surface area contributed by atoms with E-state index in [2.05, 4.69) is 4.57 Å². The highest BCUT2D eigenvalue weighted by molar-refractivity contribution is 5.64. The second kappa shape index (κ2) is 2.69. The predicted molar refractivity (Wildman–Crippen MR) is 52.1 cm³/mol. The molecule has 0 fully saturated rings. The second-order valence-electron chi connectivity index (χ2n) is 3.50. The minimum Gasteiger partial charge on any atom is -0.355 e. The van der Waals surface area contributed by atoms with Crippen LogP contribution in [0.15, 0.2) is 35.3 Å². The van der Waals surface area contributed by atoms with Gasteiger partial charge in [0.1, 0.15) is 6.73 Å². The van der Waals surface area contributed by atoms with Gasteiger partial charge in [-0.25, -0.2) is 0 Å². The Labute approximate surface area is 80.9 Å². The van der Waals surface area contributed by atoms with Crippen molar-refractivity contribution in [1.82, 2.24) is 4.57 Å². The highest BCUT2D eigenvalue weighted by Gasteiger charge is 2.12. The minimum absolute atomic E-state index is 0.0568. The van der Waals surface area contributed by atoms with Crippen molar-refractivity contribution in [2.24, 2.45) is 0 Å². The van der Waals surface area contributed by atoms with Crippen molar-refractivity contribution in [2.75, 3.05) is 0 Å². The molecule has 0 aromatic heterocycles. The summed E-state index contributed by atoms with van der Waals surface area (Å²) in [6.07, 6.45) is 2.02. The molecule has 0 saturated heterocycles. The third kappa shape index (κ3) is 1.06. The Balaban J connectivity index is 2.35. The molecule has 0 saturated carbocycles. The SMILES string of the molecule is O=c1ccc2cn3c(cc-2c1)COC3. The van der Waals surface area contributed by atoms with Crippen LogP contribution in [0.4, 0.5) is 0 Å². The van der Waals surface area contributed by atoms with Crippen LogP contribution in [0, 0.1) is 0 Å². The van der Waals surface area contributed by atoms with Gasteiger partial charge in [-0.15, -0.1) is 0 Å². The lowest BCUT2D eigenvalue weighted by Gasteiger charge is -2.08. The van der Waals surface area contributed by atoms with E-state index in [0.29, 0.717) is 13.3 Å². The molecule has 0 atom stereocenters. The summed E-state index contributed by atoms with van der Waals surface area (Å²) in [4.78, 5) is 11.1. The molecule has 0 aromatic rings. The summed E-state index contributed by atoms with van der Waals surface area (Å²) in [5.74, 6) is 0. The number of benzene rings is 1. The van der Waals surface area contributed by atoms with E-state index in [1.165, 1.54) is 0 Å². The fraction of sp³-hybridized carbons (Fsp3) is 0.182. The van der Waals surface area contributed by atoms with E-state index in [0.717, 1.165) is 16.8 Å². The second-order valence-corrected chi connectivity index (χ2v) is 3.50. The molecule has 0 amide bonds. The molecular formula is C11H9NO2. The van der Waals surface area contributed by atoms with E-state index in [1.54, 1.807) is 12.1 Å². The molecule has 0 aromatic carbocycles. The summed E-state index contributed by atoms with van der Waals surface area (Å²) in [5, 5.41) is 0. The first-order chi connectivity index (χ1) is 6.83. The minimum atomic E-state index is 0.0568. The molecule has 3 rings (SSSR count). The van der Waals surface area contributed by atoms with Crippen LogP contribution in [0.3, 0.4) is 0 Å². The zero-order valence-corrected chi connectivity index (χ0v) is 7.56. The van der Waals surface area contributed by atoms with Gasteiger partial charge in [0.15, 0.2) is 5.43 Å². The Morgan fingerprint density at radius 2 is 2.14 bits per heavy atom. The Morgan fingerprint density at radius 1 is 1.21 bits per heavy atom. The molecule has 0 spiro atoms. The molecule has 70 valence electrons. The summed E-state index contributed by atoms with van der Waals surface area (Å²) < 4.78 is 7.36. The Bertz CT molecular complexity index is 515. The van der Waals surface area contributed by atoms with Crippen molar-refractivity contribution in [3.05, 3.63) is 46.4 Å². The highest BCUT2D eigenvalue weighted by atomic mass is 16.5. The molecule has 1 aliphatic carbocycles. The molecule has 0 bridgehead atoms. The lowest BCUT2D eigenvalue weighted by Crippen LogP contribution is -2.02. The summed E-state index contributed by atoms with van der Waals surface area (Å²) >= 11 is 0. The Kier molecular flexibility index (Phi) is 1.49. The van der Waals surface area contributed by atoms with E-state index in [-0.39, 0.29) is 5.43 Å². The highest BCUT2D eigenvalue weighted by Crippen LogP contribution is 2.24. The number of fused-ring (bicyclic) bond motifs is 2. The maximum absolute atomic E-state index is 11.1. The van der Waals surface area contributed by atoms with E-state index in [1.807, 2.05) is 18.3 Å². The fourth-order valence-corrected chi connectivity index (χ4v) is 1.80. The zero-order chi connectivity index (χ0) is 9.54. The van der Waals surface area contributed by atoms with Crippen molar-refractivity contribution in [1.29, 1.82) is 0 Å². The normalized spacial score (nSPS) is 14.6. The molecule has 14 heavy (non-hydrogen) atoms. The Hall–Kier alpha value is -1.61. The summed E-state index contributed by atoms with van der Waals surface area (Å²) in [7, 11) is 0. The van der Waals surface area contributed by atoms with Crippen LogP contribution >= 0.6 is 0 Å². The Morgan fingerprint density at radius 3 is 3.07 bits per heavy atom. The lowest BCUT2D eigenvalue weighted by molar-refractivity contribution is 0.109. The van der Waals surface area contributed by atoms with E-state index < -0.39 is 0 Å². The standard InChI is InChI=1S/C11H9NO2/c13-11-2-1-8-5-12-7-14-6-10(12)3-9(8)4-11/h1-5H,6-7H2. The monoisotopic (exact) mass is 187 g/mol. The van der Waals surface area contributed by atoms with Gasteiger partial charge in [-0.3, -0.25) is 4.79 Å². The number of ether oxygens (including phenoxy) is 1. The molecule has 2 heterocycles. The number of hydrogen-bond acceptors (Lipinski definition) is 2. The fourth-order valence-electron chi connectivity index (χ4n) is 1.80. The van der Waals surface area contributed by atoms with Crippen molar-refractivity contribution in [3.63, 3.8) is 0 Å². The zero-order valence-electron chi connectivity index (χ0n) is 7.56. The topological polar surface area (TPSA) is 31.2 Å². The number of nitrogens with zero attached hydrogens (tertiary/aromatic N) is 1. The van der Waals surface area contributed by atoms with E-state index in [4.69, 9.17) is 4.74 Å². The number of rotatable bonds is 0. The van der Waals surface area contributed by atoms with Crippen molar-refractivity contribution in [2.45, 2.75) is 13.3 Å². The first-order valence-corrected chi connectivity index (χ1v) is 4.54. The van der Waals surface area contributed by atoms with Gasteiger partial charge in [0.05, 0.1) is 6.61 Å². The lowest BCUT2D eigenvalue weighted by atomic mass is 10.1. The van der Waals surface area contributed by atoms with Gasteiger partial charge < -0.3 is 9.30 Å². The van der Waals surface area contributed by atoms with Crippen LogP contribution < -0.4 is 5.43 Å². The van der Waals surface area contributed by atoms with Gasteiger partial charge in [-0.1, -0.05) is 0 Å². The largest absolute Gasteiger partial charge is 0.355 e. The number of pyridine rings is 1. The van der Waals surface area contributed by atoms with Crippen LogP contribution in [-0.4, -0.2) is 4.57 Å². The van der Waals surface area contributed by atoms with E-state index in [9.17, 15) is 4.79 Å². The predicted octanol–water partition coefficient (Wildman–Crippen LogP) is 1.44. The first-order valence-electron chi connectivity index (χ1n) is 4.54. The van der Waals surface area contributed by atoms with Gasteiger partial charge in [-0.2, -0.15) is 0 Å². The van der Waals surface area contributed by atoms with E-state index >= 15 is 0 Å². The maximum Gasteiger partial charge on any atom is 0.179 e. The maximum atomic E-state index is 11.1. The molecular weight excluding hydrogens is 178 g/mol. The molecule has 3 aliphatic rings. The third-order valence-electron chi connectivity index (χ3n) is 2.52. The van der Waals surface area contributed by atoms with Gasteiger partial charge in [0, 0.05) is 11.9 Å². The van der Waals surface area contributed by atoms with Gasteiger partial charge in [0.25, 0.3) is 0 Å². The molecule has 0 N–H and O–H groups in total. The van der Waals surface area contributed by atoms with Crippen LogP contribution in [0.1, 0.15) is 5.69 Å². The van der Waals surface area contributed by atoms with Crippen LogP contribution in [0.2, 0.25) is 0 Å². The quantitative estimate of drug-likeness (QED) is 0.625. The number of aromatic nitrogens is 1. The first kappa shape index (κ1) is 7.76. The molecule has 3 nitrogen and oxygen atoms in total. The number of hydrogen-bond donors (Lipinski definition) is 0. The van der Waals surface area contributed by atoms with Crippen molar-refractivity contribution >= 4 is 0 Å². The third-order valence-corrected chi connectivity index (χ3v) is 2.52. The molecule has 3 heteroatoms. The average molecular weight is 187 g/mol. The average Bonchev–Trinajstić information content (AvgIpc) is 2.61. The van der Waals surface area contributed by atoms with Gasteiger partial charge in [0.2, 0.25) is 0 Å². The molecule has 2 aliphatic heterocycles. The summed E-state index contributed by atoms with van der Waals surface area (Å²) in [6.45, 7) is 1.25. The smallest absolute Gasteiger partial charge is 0.179 e. The van der Waals surface area contributed by atoms with Crippen molar-refractivity contribution < 1.29 is 4.74 Å². The van der Waals surface area contributed by atoms with Gasteiger partial charge in [-0.05, 0) is 35.4 Å².